The molecule has 0 spiro atoms. The van der Waals surface area contributed by atoms with E-state index in [2.05, 4.69) is 34.4 Å². The van der Waals surface area contributed by atoms with Crippen molar-refractivity contribution in [1.82, 2.24) is 15.0 Å². The second-order valence-corrected chi connectivity index (χ2v) is 7.93. The van der Waals surface area contributed by atoms with Gasteiger partial charge in [-0.25, -0.2) is 0 Å². The van der Waals surface area contributed by atoms with Crippen LogP contribution in [0.2, 0.25) is 0 Å². The maximum Gasteiger partial charge on any atom is 0.232 e. The Labute approximate surface area is 172 Å². The van der Waals surface area contributed by atoms with Crippen molar-refractivity contribution in [3.63, 3.8) is 0 Å². The third kappa shape index (κ3) is 3.55. The van der Waals surface area contributed by atoms with Gasteiger partial charge in [-0.3, -0.25) is 4.79 Å². The number of hydrogen-bond acceptors (Lipinski definition) is 7. The molecule has 0 N–H and O–H groups in total. The molecule has 3 aromatic rings. The van der Waals surface area contributed by atoms with Crippen LogP contribution in [0.5, 0.6) is 11.5 Å². The van der Waals surface area contributed by atoms with Crippen molar-refractivity contribution in [2.24, 2.45) is 0 Å². The number of likely N-dealkylation sites (tertiary alicyclic amines) is 1. The molecule has 0 aliphatic carbocycles. The third-order valence-electron chi connectivity index (χ3n) is 5.17. The molecule has 7 nitrogen and oxygen atoms in total. The van der Waals surface area contributed by atoms with Gasteiger partial charge in [0.25, 0.3) is 0 Å². The van der Waals surface area contributed by atoms with E-state index in [4.69, 9.17) is 14.0 Å². The van der Waals surface area contributed by atoms with E-state index in [1.165, 1.54) is 4.90 Å². The van der Waals surface area contributed by atoms with Gasteiger partial charge in [-0.15, -0.1) is 11.8 Å². The highest BCUT2D eigenvalue weighted by Gasteiger charge is 2.34. The first-order valence-electron chi connectivity index (χ1n) is 9.34. The number of fused-ring (bicyclic) bond motifs is 1. The van der Waals surface area contributed by atoms with Gasteiger partial charge in [0.2, 0.25) is 24.4 Å². The summed E-state index contributed by atoms with van der Waals surface area (Å²) in [6.07, 6.45) is 2.43. The molecule has 1 aromatic heterocycles. The second kappa shape index (κ2) is 7.44. The predicted octanol–water partition coefficient (Wildman–Crippen LogP) is 3.70. The lowest BCUT2D eigenvalue weighted by molar-refractivity contribution is -0.128. The minimum absolute atomic E-state index is 0.0942. The number of amides is 1. The Balaban J connectivity index is 1.29. The first kappa shape index (κ1) is 18.1. The molecule has 1 fully saturated rings. The molecule has 2 aliphatic heterocycles. The summed E-state index contributed by atoms with van der Waals surface area (Å²) in [6.45, 7) is 1.38. The standard InChI is InChI=1S/C21H19N3O4S/c1-29-16-5-2-13(3-6-16)10-24-11-15(9-19(24)25)21-22-20(23-28-21)14-4-7-17-18(8-14)27-12-26-17/h2-8,15H,9-12H2,1H3. The summed E-state index contributed by atoms with van der Waals surface area (Å²) in [5, 5.41) is 4.10. The number of carbonyl (C=O) groups is 1. The number of aromatic nitrogens is 2. The first-order valence-corrected chi connectivity index (χ1v) is 10.6. The fraction of sp³-hybridized carbons (Fsp3) is 0.286. The van der Waals surface area contributed by atoms with E-state index >= 15 is 0 Å². The summed E-state index contributed by atoms with van der Waals surface area (Å²) < 4.78 is 16.2. The van der Waals surface area contributed by atoms with E-state index in [1.54, 1.807) is 11.8 Å². The summed E-state index contributed by atoms with van der Waals surface area (Å²) in [7, 11) is 0. The molecular weight excluding hydrogens is 390 g/mol. The van der Waals surface area contributed by atoms with Crippen molar-refractivity contribution in [2.45, 2.75) is 23.8 Å². The summed E-state index contributed by atoms with van der Waals surface area (Å²) in [5.74, 6) is 2.36. The van der Waals surface area contributed by atoms with E-state index in [0.29, 0.717) is 42.7 Å². The Bertz CT molecular complexity index is 1050. The zero-order valence-electron chi connectivity index (χ0n) is 15.8. The van der Waals surface area contributed by atoms with E-state index in [1.807, 2.05) is 29.4 Å². The fourth-order valence-corrected chi connectivity index (χ4v) is 4.00. The molecule has 2 aromatic carbocycles. The molecule has 1 unspecified atom stereocenters. The molecule has 1 atom stereocenters. The number of nitrogens with zero attached hydrogens (tertiary/aromatic N) is 3. The van der Waals surface area contributed by atoms with Gasteiger partial charge in [-0.1, -0.05) is 17.3 Å². The van der Waals surface area contributed by atoms with E-state index in [-0.39, 0.29) is 18.6 Å². The zero-order valence-corrected chi connectivity index (χ0v) is 16.6. The average molecular weight is 409 g/mol. The van der Waals surface area contributed by atoms with Crippen LogP contribution in [-0.2, 0) is 11.3 Å². The van der Waals surface area contributed by atoms with Crippen LogP contribution >= 0.6 is 11.8 Å². The summed E-state index contributed by atoms with van der Waals surface area (Å²) in [5.41, 5.74) is 1.91. The Morgan fingerprint density at radius 1 is 1.14 bits per heavy atom. The highest BCUT2D eigenvalue weighted by Crippen LogP contribution is 2.36. The van der Waals surface area contributed by atoms with Crippen LogP contribution in [0, 0.1) is 0 Å². The zero-order chi connectivity index (χ0) is 19.8. The maximum atomic E-state index is 12.5. The van der Waals surface area contributed by atoms with Gasteiger partial charge < -0.3 is 18.9 Å². The van der Waals surface area contributed by atoms with Crippen molar-refractivity contribution in [3.05, 3.63) is 53.9 Å². The van der Waals surface area contributed by atoms with Gasteiger partial charge in [0.15, 0.2) is 11.5 Å². The normalized spacial score (nSPS) is 17.9. The third-order valence-corrected chi connectivity index (χ3v) is 5.91. The van der Waals surface area contributed by atoms with E-state index in [9.17, 15) is 4.79 Å². The molecule has 1 saturated heterocycles. The Hall–Kier alpha value is -3.00. The summed E-state index contributed by atoms with van der Waals surface area (Å²) in [6, 6.07) is 13.8. The molecule has 0 radical (unpaired) electrons. The number of carbonyl (C=O) groups excluding carboxylic acids is 1. The van der Waals surface area contributed by atoms with Gasteiger partial charge in [-0.2, -0.15) is 4.98 Å². The lowest BCUT2D eigenvalue weighted by Gasteiger charge is -2.16. The highest BCUT2D eigenvalue weighted by molar-refractivity contribution is 7.98. The molecular formula is C21H19N3O4S. The monoisotopic (exact) mass is 409 g/mol. The molecule has 5 rings (SSSR count). The number of hydrogen-bond donors (Lipinski definition) is 0. The Kier molecular flexibility index (Phi) is 4.63. The highest BCUT2D eigenvalue weighted by atomic mass is 32.2. The van der Waals surface area contributed by atoms with Crippen molar-refractivity contribution in [2.75, 3.05) is 19.6 Å². The summed E-state index contributed by atoms with van der Waals surface area (Å²) in [4.78, 5) is 20.1. The quantitative estimate of drug-likeness (QED) is 0.595. The van der Waals surface area contributed by atoms with Crippen molar-refractivity contribution in [3.8, 4) is 22.9 Å². The van der Waals surface area contributed by atoms with E-state index < -0.39 is 0 Å². The molecule has 148 valence electrons. The average Bonchev–Trinajstić information content (AvgIpc) is 3.48. The van der Waals surface area contributed by atoms with Crippen LogP contribution in [0.25, 0.3) is 11.4 Å². The number of thioether (sulfide) groups is 1. The van der Waals surface area contributed by atoms with Crippen molar-refractivity contribution < 1.29 is 18.8 Å². The lowest BCUT2D eigenvalue weighted by Crippen LogP contribution is -2.24. The number of ether oxygens (including phenoxy) is 2. The van der Waals surface area contributed by atoms with Crippen LogP contribution in [-0.4, -0.2) is 40.5 Å². The molecule has 3 heterocycles. The van der Waals surface area contributed by atoms with Crippen LogP contribution in [0.1, 0.15) is 23.8 Å². The Morgan fingerprint density at radius 2 is 1.97 bits per heavy atom. The topological polar surface area (TPSA) is 77.7 Å². The first-order chi connectivity index (χ1) is 14.2. The number of rotatable bonds is 5. The van der Waals surface area contributed by atoms with Gasteiger partial charge in [-0.05, 0) is 42.2 Å². The maximum absolute atomic E-state index is 12.5. The molecule has 0 bridgehead atoms. The van der Waals surface area contributed by atoms with Crippen molar-refractivity contribution >= 4 is 17.7 Å². The lowest BCUT2D eigenvalue weighted by atomic mass is 10.1. The fourth-order valence-electron chi connectivity index (χ4n) is 3.60. The molecule has 29 heavy (non-hydrogen) atoms. The minimum Gasteiger partial charge on any atom is -0.454 e. The summed E-state index contributed by atoms with van der Waals surface area (Å²) >= 11 is 1.70. The van der Waals surface area contributed by atoms with Gasteiger partial charge in [0.05, 0.1) is 5.92 Å². The molecule has 8 heteroatoms. The van der Waals surface area contributed by atoms with Crippen LogP contribution in [0.4, 0.5) is 0 Å². The minimum atomic E-state index is -0.0942. The Morgan fingerprint density at radius 3 is 2.79 bits per heavy atom. The van der Waals surface area contributed by atoms with Crippen LogP contribution < -0.4 is 9.47 Å². The molecule has 1 amide bonds. The van der Waals surface area contributed by atoms with Gasteiger partial charge in [0, 0.05) is 30.0 Å². The van der Waals surface area contributed by atoms with E-state index in [0.717, 1.165) is 11.1 Å². The molecule has 2 aliphatic rings. The molecule has 0 saturated carbocycles. The van der Waals surface area contributed by atoms with Gasteiger partial charge in [0.1, 0.15) is 0 Å². The largest absolute Gasteiger partial charge is 0.454 e. The number of benzene rings is 2. The van der Waals surface area contributed by atoms with Crippen LogP contribution in [0.3, 0.4) is 0 Å². The van der Waals surface area contributed by atoms with Gasteiger partial charge >= 0.3 is 0 Å². The predicted molar refractivity (Wildman–Crippen MR) is 107 cm³/mol. The SMILES string of the molecule is CSc1ccc(CN2CC(c3nc(-c4ccc5c(c4)OCO5)no3)CC2=O)cc1. The van der Waals surface area contributed by atoms with Crippen molar-refractivity contribution in [1.29, 1.82) is 0 Å². The van der Waals surface area contributed by atoms with Crippen LogP contribution in [0.15, 0.2) is 51.9 Å². The second-order valence-electron chi connectivity index (χ2n) is 7.05. The smallest absolute Gasteiger partial charge is 0.232 e.